The molecule has 0 saturated carbocycles. The molecule has 148 valence electrons. The normalized spacial score (nSPS) is 12.4. The molecule has 0 fully saturated rings. The Labute approximate surface area is 178 Å². The van der Waals surface area contributed by atoms with Crippen LogP contribution < -0.4 is 10.6 Å². The van der Waals surface area contributed by atoms with Crippen molar-refractivity contribution in [3.63, 3.8) is 0 Å². The molecule has 0 bridgehead atoms. The molecule has 4 rings (SSSR count). The minimum atomic E-state index is -0.103. The fourth-order valence-electron chi connectivity index (χ4n) is 3.33. The zero-order valence-electron chi connectivity index (χ0n) is 16.0. The molecule has 1 heterocycles. The molecule has 29 heavy (non-hydrogen) atoms. The van der Waals surface area contributed by atoms with Crippen LogP contribution in [0.3, 0.4) is 0 Å². The summed E-state index contributed by atoms with van der Waals surface area (Å²) in [5.74, 6) is 0.200. The van der Waals surface area contributed by atoms with Gasteiger partial charge in [0, 0.05) is 28.5 Å². The molecule has 0 saturated heterocycles. The number of nitrogens with one attached hydrogen (secondary N) is 2. The van der Waals surface area contributed by atoms with Crippen LogP contribution in [0.1, 0.15) is 24.5 Å². The number of fused-ring (bicyclic) bond motifs is 1. The summed E-state index contributed by atoms with van der Waals surface area (Å²) in [6.45, 7) is 1.48. The van der Waals surface area contributed by atoms with Crippen LogP contribution in [-0.2, 0) is 22.4 Å². The quantitative estimate of drug-likeness (QED) is 0.548. The first-order chi connectivity index (χ1) is 14.1. The predicted octanol–water partition coefficient (Wildman–Crippen LogP) is 4.99. The van der Waals surface area contributed by atoms with Crippen LogP contribution in [-0.4, -0.2) is 22.6 Å². The van der Waals surface area contributed by atoms with Gasteiger partial charge in [-0.3, -0.25) is 9.59 Å². The second-order valence-electron chi connectivity index (χ2n) is 6.92. The van der Waals surface area contributed by atoms with E-state index in [2.05, 4.69) is 33.8 Å². The molecule has 2 N–H and O–H groups in total. The number of hydrogen-bond donors (Lipinski definition) is 2. The number of thiazole rings is 1. The van der Waals surface area contributed by atoms with Crippen molar-refractivity contribution in [1.82, 2.24) is 4.98 Å². The lowest BCUT2D eigenvalue weighted by molar-refractivity contribution is -0.114. The van der Waals surface area contributed by atoms with Crippen LogP contribution in [0.2, 0.25) is 0 Å². The van der Waals surface area contributed by atoms with Gasteiger partial charge in [0.05, 0.1) is 11.4 Å². The fraction of sp³-hybridized carbons (Fsp3) is 0.227. The van der Waals surface area contributed by atoms with Gasteiger partial charge < -0.3 is 10.6 Å². The Morgan fingerprint density at radius 1 is 1.07 bits per heavy atom. The Kier molecular flexibility index (Phi) is 5.97. The van der Waals surface area contributed by atoms with Crippen molar-refractivity contribution in [1.29, 1.82) is 0 Å². The van der Waals surface area contributed by atoms with Crippen molar-refractivity contribution in [3.8, 4) is 11.3 Å². The van der Waals surface area contributed by atoms with Crippen molar-refractivity contribution in [2.45, 2.75) is 31.1 Å². The van der Waals surface area contributed by atoms with Gasteiger partial charge >= 0.3 is 0 Å². The Bertz CT molecular complexity index is 1040. The van der Waals surface area contributed by atoms with E-state index in [4.69, 9.17) is 0 Å². The Morgan fingerprint density at radius 3 is 2.66 bits per heavy atom. The van der Waals surface area contributed by atoms with E-state index in [0.717, 1.165) is 28.3 Å². The lowest BCUT2D eigenvalue weighted by Crippen LogP contribution is -2.13. The third-order valence-corrected chi connectivity index (χ3v) is 6.44. The molecule has 1 aliphatic carbocycles. The third-order valence-electron chi connectivity index (χ3n) is 4.69. The molecule has 0 atom stereocenters. The Hall–Kier alpha value is -2.64. The highest BCUT2D eigenvalue weighted by atomic mass is 32.2. The number of carbonyl (C=O) groups excluding carboxylic acids is 2. The first-order valence-electron chi connectivity index (χ1n) is 9.45. The monoisotopic (exact) mass is 423 g/mol. The molecular formula is C22H21N3O2S2. The van der Waals surface area contributed by atoms with E-state index in [1.807, 2.05) is 29.6 Å². The molecule has 0 unspecified atom stereocenters. The number of thioether (sulfide) groups is 1. The Morgan fingerprint density at radius 2 is 1.86 bits per heavy atom. The molecule has 2 amide bonds. The molecule has 2 aromatic carbocycles. The van der Waals surface area contributed by atoms with Gasteiger partial charge in [0.1, 0.15) is 0 Å². The maximum absolute atomic E-state index is 12.3. The standard InChI is InChI=1S/C22H21N3O2S2/c1-14(26)23-18-8-5-16(6-9-18)20-12-29-22(24-20)25-21(27)13-28-19-10-7-15-3-2-4-17(15)11-19/h5-12H,2-4,13H2,1H3,(H,23,26)(H,24,25,27). The highest BCUT2D eigenvalue weighted by Crippen LogP contribution is 2.29. The summed E-state index contributed by atoms with van der Waals surface area (Å²) in [5, 5.41) is 8.12. The van der Waals surface area contributed by atoms with Gasteiger partial charge in [0.15, 0.2) is 5.13 Å². The Balaban J connectivity index is 1.32. The van der Waals surface area contributed by atoms with E-state index < -0.39 is 0 Å². The largest absolute Gasteiger partial charge is 0.326 e. The van der Waals surface area contributed by atoms with E-state index in [-0.39, 0.29) is 11.8 Å². The summed E-state index contributed by atoms with van der Waals surface area (Å²) >= 11 is 2.96. The van der Waals surface area contributed by atoms with Gasteiger partial charge in [0.2, 0.25) is 11.8 Å². The van der Waals surface area contributed by atoms with Crippen molar-refractivity contribution in [3.05, 3.63) is 59.0 Å². The minimum absolute atomic E-state index is 0.0580. The lowest BCUT2D eigenvalue weighted by atomic mass is 10.1. The number of amides is 2. The maximum atomic E-state index is 12.3. The van der Waals surface area contributed by atoms with E-state index >= 15 is 0 Å². The van der Waals surface area contributed by atoms with E-state index in [9.17, 15) is 9.59 Å². The summed E-state index contributed by atoms with van der Waals surface area (Å²) < 4.78 is 0. The molecular weight excluding hydrogens is 402 g/mol. The molecule has 1 aromatic heterocycles. The van der Waals surface area contributed by atoms with E-state index in [0.29, 0.717) is 10.9 Å². The number of anilines is 2. The summed E-state index contributed by atoms with van der Waals surface area (Å²) in [4.78, 5) is 29.1. The van der Waals surface area contributed by atoms with Crippen LogP contribution in [0, 0.1) is 0 Å². The SMILES string of the molecule is CC(=O)Nc1ccc(-c2csc(NC(=O)CSc3ccc4c(c3)CCC4)n2)cc1. The number of aryl methyl sites for hydroxylation is 2. The number of hydrogen-bond acceptors (Lipinski definition) is 5. The van der Waals surface area contributed by atoms with Gasteiger partial charge in [-0.05, 0) is 54.7 Å². The average Bonchev–Trinajstić information content (AvgIpc) is 3.35. The number of rotatable bonds is 6. The zero-order chi connectivity index (χ0) is 20.2. The number of aromatic nitrogens is 1. The number of carbonyl (C=O) groups is 2. The van der Waals surface area contributed by atoms with Gasteiger partial charge in [-0.25, -0.2) is 4.98 Å². The topological polar surface area (TPSA) is 71.1 Å². The average molecular weight is 424 g/mol. The van der Waals surface area contributed by atoms with Gasteiger partial charge in [-0.1, -0.05) is 18.2 Å². The highest BCUT2D eigenvalue weighted by Gasteiger charge is 2.13. The van der Waals surface area contributed by atoms with E-state index in [1.54, 1.807) is 11.8 Å². The molecule has 0 spiro atoms. The fourth-order valence-corrected chi connectivity index (χ4v) is 4.83. The number of benzene rings is 2. The second kappa shape index (κ2) is 8.80. The van der Waals surface area contributed by atoms with E-state index in [1.165, 1.54) is 42.2 Å². The first-order valence-corrected chi connectivity index (χ1v) is 11.3. The molecule has 0 radical (unpaired) electrons. The first kappa shape index (κ1) is 19.7. The lowest BCUT2D eigenvalue weighted by Gasteiger charge is -2.05. The van der Waals surface area contributed by atoms with Crippen molar-refractivity contribution in [2.75, 3.05) is 16.4 Å². The van der Waals surface area contributed by atoms with Crippen LogP contribution in [0.15, 0.2) is 52.7 Å². The second-order valence-corrected chi connectivity index (χ2v) is 8.82. The molecule has 7 heteroatoms. The van der Waals surface area contributed by atoms with Crippen LogP contribution >= 0.6 is 23.1 Å². The van der Waals surface area contributed by atoms with Gasteiger partial charge in [-0.2, -0.15) is 0 Å². The van der Waals surface area contributed by atoms with Gasteiger partial charge in [0.25, 0.3) is 0 Å². The molecule has 1 aliphatic rings. The molecule has 0 aliphatic heterocycles. The predicted molar refractivity (Wildman–Crippen MR) is 120 cm³/mol. The molecule has 5 nitrogen and oxygen atoms in total. The number of nitrogens with zero attached hydrogens (tertiary/aromatic N) is 1. The summed E-state index contributed by atoms with van der Waals surface area (Å²) in [7, 11) is 0. The summed E-state index contributed by atoms with van der Waals surface area (Å²) in [6, 6.07) is 14.0. The van der Waals surface area contributed by atoms with Crippen molar-refractivity contribution in [2.24, 2.45) is 0 Å². The van der Waals surface area contributed by atoms with Crippen LogP contribution in [0.5, 0.6) is 0 Å². The minimum Gasteiger partial charge on any atom is -0.326 e. The van der Waals surface area contributed by atoms with Gasteiger partial charge in [-0.15, -0.1) is 23.1 Å². The molecule has 3 aromatic rings. The zero-order valence-corrected chi connectivity index (χ0v) is 17.7. The van der Waals surface area contributed by atoms with Crippen LogP contribution in [0.4, 0.5) is 10.8 Å². The van der Waals surface area contributed by atoms with Crippen molar-refractivity contribution >= 4 is 45.7 Å². The summed E-state index contributed by atoms with van der Waals surface area (Å²) in [6.07, 6.45) is 3.54. The maximum Gasteiger partial charge on any atom is 0.236 e. The highest BCUT2D eigenvalue weighted by molar-refractivity contribution is 8.00. The smallest absolute Gasteiger partial charge is 0.236 e. The van der Waals surface area contributed by atoms with Crippen molar-refractivity contribution < 1.29 is 9.59 Å². The summed E-state index contributed by atoms with van der Waals surface area (Å²) in [5.41, 5.74) is 5.34. The van der Waals surface area contributed by atoms with Crippen LogP contribution in [0.25, 0.3) is 11.3 Å². The third kappa shape index (κ3) is 5.05.